The minimum atomic E-state index is -0.882. The lowest BCUT2D eigenvalue weighted by atomic mass is 9.31. The molecule has 0 aromatic carbocycles. The smallest absolute Gasteiger partial charge is 0.302 e. The molecule has 0 bridgehead atoms. The van der Waals surface area contributed by atoms with E-state index in [9.17, 15) is 15.0 Å². The molecule has 0 aliphatic heterocycles. The van der Waals surface area contributed by atoms with E-state index in [-0.39, 0.29) is 51.2 Å². The SMILES string of the molecule is CC(=O)OC1CC2(C)C(CCC3(C)C2CCC2C4(C)CCCC(C)(C)C4C(O)CC23C)C1C(C)(C)O. The van der Waals surface area contributed by atoms with Crippen LogP contribution in [0, 0.1) is 56.7 Å². The molecule has 5 saturated carbocycles. The van der Waals surface area contributed by atoms with Crippen LogP contribution < -0.4 is 0 Å². The van der Waals surface area contributed by atoms with E-state index in [0.29, 0.717) is 23.7 Å². The fourth-order valence-electron chi connectivity index (χ4n) is 12.8. The summed E-state index contributed by atoms with van der Waals surface area (Å²) in [6.07, 6.45) is 9.71. The Morgan fingerprint density at radius 1 is 0.861 bits per heavy atom. The molecule has 0 heterocycles. The summed E-state index contributed by atoms with van der Waals surface area (Å²) < 4.78 is 5.94. The van der Waals surface area contributed by atoms with Gasteiger partial charge in [-0.15, -0.1) is 0 Å². The molecule has 5 aliphatic carbocycles. The van der Waals surface area contributed by atoms with Crippen molar-refractivity contribution in [2.24, 2.45) is 56.7 Å². The van der Waals surface area contributed by atoms with Gasteiger partial charge >= 0.3 is 5.97 Å². The Hall–Kier alpha value is -0.610. The summed E-state index contributed by atoms with van der Waals surface area (Å²) >= 11 is 0. The number of rotatable bonds is 2. The van der Waals surface area contributed by atoms with E-state index < -0.39 is 5.60 Å². The molecule has 36 heavy (non-hydrogen) atoms. The Kier molecular flexibility index (Phi) is 5.97. The topological polar surface area (TPSA) is 66.8 Å². The van der Waals surface area contributed by atoms with Crippen molar-refractivity contribution in [1.82, 2.24) is 0 Å². The molecule has 0 amide bonds. The fraction of sp³-hybridized carbons (Fsp3) is 0.969. The summed E-state index contributed by atoms with van der Waals surface area (Å²) in [4.78, 5) is 12.1. The molecule has 0 saturated heterocycles. The van der Waals surface area contributed by atoms with Gasteiger partial charge in [-0.05, 0) is 116 Å². The van der Waals surface area contributed by atoms with Crippen LogP contribution in [-0.4, -0.2) is 34.0 Å². The summed E-state index contributed by atoms with van der Waals surface area (Å²) in [5, 5.41) is 23.1. The van der Waals surface area contributed by atoms with Gasteiger partial charge in [-0.1, -0.05) is 48.0 Å². The molecule has 11 atom stereocenters. The first-order valence-electron chi connectivity index (χ1n) is 15.0. The van der Waals surface area contributed by atoms with Crippen LogP contribution in [0.2, 0.25) is 0 Å². The normalized spacial score (nSPS) is 54.0. The van der Waals surface area contributed by atoms with Crippen molar-refractivity contribution in [3.05, 3.63) is 0 Å². The largest absolute Gasteiger partial charge is 0.462 e. The molecule has 5 rings (SSSR count). The average Bonchev–Trinajstić information content (AvgIpc) is 2.98. The number of hydrogen-bond donors (Lipinski definition) is 2. The highest BCUT2D eigenvalue weighted by atomic mass is 16.5. The van der Waals surface area contributed by atoms with Crippen LogP contribution in [0.5, 0.6) is 0 Å². The lowest BCUT2D eigenvalue weighted by Crippen LogP contribution is -2.68. The Bertz CT molecular complexity index is 904. The Balaban J connectivity index is 1.55. The first kappa shape index (κ1) is 27.0. The lowest BCUT2D eigenvalue weighted by molar-refractivity contribution is -0.268. The van der Waals surface area contributed by atoms with E-state index in [2.05, 4.69) is 41.5 Å². The van der Waals surface area contributed by atoms with Gasteiger partial charge in [0.2, 0.25) is 0 Å². The minimum Gasteiger partial charge on any atom is -0.462 e. The van der Waals surface area contributed by atoms with Crippen molar-refractivity contribution in [1.29, 1.82) is 0 Å². The predicted octanol–water partition coefficient (Wildman–Crippen LogP) is 6.76. The van der Waals surface area contributed by atoms with Crippen LogP contribution in [-0.2, 0) is 9.53 Å². The van der Waals surface area contributed by atoms with Crippen molar-refractivity contribution >= 4 is 5.97 Å². The third kappa shape index (κ3) is 3.41. The van der Waals surface area contributed by atoms with Gasteiger partial charge in [0.25, 0.3) is 0 Å². The molecule has 0 aromatic rings. The second-order valence-corrected chi connectivity index (χ2v) is 16.3. The molecule has 4 heteroatoms. The summed E-state index contributed by atoms with van der Waals surface area (Å²) in [7, 11) is 0. The van der Waals surface area contributed by atoms with E-state index in [4.69, 9.17) is 4.74 Å². The van der Waals surface area contributed by atoms with Crippen molar-refractivity contribution in [2.45, 2.75) is 138 Å². The van der Waals surface area contributed by atoms with E-state index in [0.717, 1.165) is 25.7 Å². The van der Waals surface area contributed by atoms with Gasteiger partial charge in [0.05, 0.1) is 11.7 Å². The van der Waals surface area contributed by atoms with Gasteiger partial charge in [0, 0.05) is 12.8 Å². The maximum absolute atomic E-state index is 12.1. The Labute approximate surface area is 220 Å². The summed E-state index contributed by atoms with van der Waals surface area (Å²) in [5.74, 6) is 1.62. The third-order valence-electron chi connectivity index (χ3n) is 13.7. The standard InChI is InChI=1S/C32H54O4/c1-19(33)36-22-18-30(7)20(25(22)28(4,5)35)13-16-31(8)24(30)12-11-23-29(6)15-10-14-27(2,3)26(29)21(34)17-32(23,31)9/h20-26,34-35H,10-18H2,1-9H3. The number of hydrogen-bond acceptors (Lipinski definition) is 4. The zero-order chi connectivity index (χ0) is 26.7. The van der Waals surface area contributed by atoms with Crippen LogP contribution >= 0.6 is 0 Å². The summed E-state index contributed by atoms with van der Waals surface area (Å²) in [6.45, 7) is 20.3. The number of esters is 1. The van der Waals surface area contributed by atoms with Gasteiger partial charge in [-0.3, -0.25) is 4.79 Å². The van der Waals surface area contributed by atoms with E-state index in [1.165, 1.54) is 39.0 Å². The molecular formula is C32H54O4. The molecule has 5 aliphatic rings. The van der Waals surface area contributed by atoms with Gasteiger partial charge in [0.1, 0.15) is 6.10 Å². The summed E-state index contributed by atoms with van der Waals surface area (Å²) in [6, 6.07) is 0. The lowest BCUT2D eigenvalue weighted by Gasteiger charge is -2.73. The highest BCUT2D eigenvalue weighted by Gasteiger charge is 2.73. The van der Waals surface area contributed by atoms with Gasteiger partial charge in [-0.2, -0.15) is 0 Å². The van der Waals surface area contributed by atoms with Gasteiger partial charge < -0.3 is 14.9 Å². The second kappa shape index (κ2) is 7.96. The number of carbonyl (C=O) groups excluding carboxylic acids is 1. The maximum atomic E-state index is 12.1. The highest BCUT2D eigenvalue weighted by Crippen LogP contribution is 2.78. The van der Waals surface area contributed by atoms with Crippen LogP contribution in [0.1, 0.15) is 120 Å². The predicted molar refractivity (Wildman–Crippen MR) is 143 cm³/mol. The van der Waals surface area contributed by atoms with E-state index in [1.54, 1.807) is 0 Å². The van der Waals surface area contributed by atoms with E-state index in [1.807, 2.05) is 13.8 Å². The van der Waals surface area contributed by atoms with Gasteiger partial charge in [-0.25, -0.2) is 0 Å². The maximum Gasteiger partial charge on any atom is 0.302 e. The Morgan fingerprint density at radius 3 is 2.06 bits per heavy atom. The number of aliphatic hydroxyl groups is 2. The number of ether oxygens (including phenoxy) is 1. The Morgan fingerprint density at radius 2 is 1.47 bits per heavy atom. The fourth-order valence-corrected chi connectivity index (χ4v) is 12.8. The monoisotopic (exact) mass is 502 g/mol. The average molecular weight is 503 g/mol. The zero-order valence-electron chi connectivity index (χ0n) is 24.6. The molecule has 2 N–H and O–H groups in total. The van der Waals surface area contributed by atoms with Crippen molar-refractivity contribution in [3.63, 3.8) is 0 Å². The van der Waals surface area contributed by atoms with Crippen LogP contribution in [0.25, 0.3) is 0 Å². The molecule has 5 fully saturated rings. The molecule has 0 radical (unpaired) electrons. The molecule has 206 valence electrons. The molecule has 11 unspecified atom stereocenters. The third-order valence-corrected chi connectivity index (χ3v) is 13.7. The first-order chi connectivity index (χ1) is 16.4. The number of fused-ring (bicyclic) bond motifs is 7. The van der Waals surface area contributed by atoms with Crippen LogP contribution in [0.4, 0.5) is 0 Å². The van der Waals surface area contributed by atoms with Crippen LogP contribution in [0.3, 0.4) is 0 Å². The van der Waals surface area contributed by atoms with Gasteiger partial charge in [0.15, 0.2) is 0 Å². The number of aliphatic hydroxyl groups excluding tert-OH is 1. The summed E-state index contributed by atoms with van der Waals surface area (Å²) in [5.41, 5.74) is -0.255. The highest BCUT2D eigenvalue weighted by molar-refractivity contribution is 5.66. The molecular weight excluding hydrogens is 448 g/mol. The first-order valence-corrected chi connectivity index (χ1v) is 15.0. The van der Waals surface area contributed by atoms with Crippen LogP contribution in [0.15, 0.2) is 0 Å². The molecule has 0 spiro atoms. The van der Waals surface area contributed by atoms with E-state index >= 15 is 0 Å². The number of carbonyl (C=O) groups is 1. The van der Waals surface area contributed by atoms with Crippen molar-refractivity contribution < 1.29 is 19.7 Å². The molecule has 0 aromatic heterocycles. The molecule has 4 nitrogen and oxygen atoms in total. The van der Waals surface area contributed by atoms with Crippen molar-refractivity contribution in [3.8, 4) is 0 Å². The quantitative estimate of drug-likeness (QED) is 0.409. The second-order valence-electron chi connectivity index (χ2n) is 16.3. The van der Waals surface area contributed by atoms with Crippen molar-refractivity contribution in [2.75, 3.05) is 0 Å². The zero-order valence-corrected chi connectivity index (χ0v) is 24.6. The minimum absolute atomic E-state index is 0.0281.